The molecule has 1 heterocycles. The number of hydrogen-bond donors (Lipinski definition) is 0. The minimum atomic E-state index is -0.529. The van der Waals surface area contributed by atoms with E-state index < -0.39 is 10.9 Å². The van der Waals surface area contributed by atoms with Crippen molar-refractivity contribution in [3.63, 3.8) is 0 Å². The molecule has 1 saturated heterocycles. The molecule has 0 atom stereocenters. The second kappa shape index (κ2) is 9.88. The van der Waals surface area contributed by atoms with Gasteiger partial charge in [0, 0.05) is 38.3 Å². The number of nitrogens with zero attached hydrogens (tertiary/aromatic N) is 3. The highest BCUT2D eigenvalue weighted by atomic mass is 16.6. The van der Waals surface area contributed by atoms with Gasteiger partial charge in [0.15, 0.2) is 0 Å². The number of anilines is 1. The van der Waals surface area contributed by atoms with E-state index in [9.17, 15) is 19.7 Å². The molecular formula is C23H25N3O5. The summed E-state index contributed by atoms with van der Waals surface area (Å²) in [6.45, 7) is 4.04. The van der Waals surface area contributed by atoms with Crippen molar-refractivity contribution < 1.29 is 19.2 Å². The number of ether oxygens (including phenoxy) is 1. The highest BCUT2D eigenvalue weighted by Gasteiger charge is 2.26. The molecule has 0 bridgehead atoms. The third kappa shape index (κ3) is 5.69. The van der Waals surface area contributed by atoms with Crippen LogP contribution in [0.2, 0.25) is 0 Å². The van der Waals surface area contributed by atoms with E-state index in [0.717, 1.165) is 11.1 Å². The molecule has 0 aromatic heterocycles. The topological polar surface area (TPSA) is 93.0 Å². The summed E-state index contributed by atoms with van der Waals surface area (Å²) in [7, 11) is 1.27. The maximum Gasteiger partial charge on any atom is 0.330 e. The molecule has 0 N–H and O–H groups in total. The molecule has 3 rings (SSSR count). The number of carbonyl (C=O) groups excluding carboxylic acids is 2. The van der Waals surface area contributed by atoms with Crippen LogP contribution in [0, 0.1) is 17.0 Å². The standard InChI is InChI=1S/C23H25N3O5/c1-17-3-5-19(6-4-17)16-22(27)25-13-11-24(12-14-25)20-9-7-18(8-10-23(28)31-2)15-21(20)26(29)30/h3-10,15H,11-14,16H2,1-2H3/b10-8+. The molecule has 1 aliphatic rings. The molecule has 2 aromatic carbocycles. The summed E-state index contributed by atoms with van der Waals surface area (Å²) < 4.78 is 4.54. The van der Waals surface area contributed by atoms with Gasteiger partial charge < -0.3 is 14.5 Å². The van der Waals surface area contributed by atoms with Gasteiger partial charge in [-0.2, -0.15) is 0 Å². The Morgan fingerprint density at radius 3 is 2.39 bits per heavy atom. The van der Waals surface area contributed by atoms with Crippen LogP contribution in [0.1, 0.15) is 16.7 Å². The van der Waals surface area contributed by atoms with E-state index in [1.807, 2.05) is 36.1 Å². The summed E-state index contributed by atoms with van der Waals surface area (Å²) in [5.74, 6) is -0.473. The number of piperazine rings is 1. The molecule has 8 nitrogen and oxygen atoms in total. The third-order valence-electron chi connectivity index (χ3n) is 5.26. The zero-order valence-electron chi connectivity index (χ0n) is 17.6. The van der Waals surface area contributed by atoms with Crippen molar-refractivity contribution in [3.8, 4) is 0 Å². The number of esters is 1. The maximum atomic E-state index is 12.6. The Labute approximate surface area is 180 Å². The minimum Gasteiger partial charge on any atom is -0.466 e. The number of amides is 1. The number of rotatable bonds is 6. The molecule has 0 saturated carbocycles. The largest absolute Gasteiger partial charge is 0.466 e. The highest BCUT2D eigenvalue weighted by Crippen LogP contribution is 2.30. The fourth-order valence-corrected chi connectivity index (χ4v) is 3.48. The van der Waals surface area contributed by atoms with Crippen LogP contribution in [0.4, 0.5) is 11.4 Å². The molecule has 0 unspecified atom stereocenters. The van der Waals surface area contributed by atoms with Crippen molar-refractivity contribution in [1.29, 1.82) is 0 Å². The molecule has 1 fully saturated rings. The SMILES string of the molecule is COC(=O)/C=C/c1ccc(N2CCN(C(=O)Cc3ccc(C)cc3)CC2)c([N+](=O)[O-])c1. The van der Waals surface area contributed by atoms with Crippen LogP contribution in [-0.2, 0) is 20.7 Å². The lowest BCUT2D eigenvalue weighted by Gasteiger charge is -2.36. The van der Waals surface area contributed by atoms with E-state index in [2.05, 4.69) is 4.74 Å². The van der Waals surface area contributed by atoms with Crippen molar-refractivity contribution in [2.45, 2.75) is 13.3 Å². The number of aryl methyl sites for hydroxylation is 1. The Bertz CT molecular complexity index is 993. The normalized spacial score (nSPS) is 14.0. The third-order valence-corrected chi connectivity index (χ3v) is 5.26. The predicted molar refractivity (Wildman–Crippen MR) is 118 cm³/mol. The molecule has 1 amide bonds. The molecule has 31 heavy (non-hydrogen) atoms. The molecule has 0 radical (unpaired) electrons. The fraction of sp³-hybridized carbons (Fsp3) is 0.304. The van der Waals surface area contributed by atoms with Crippen LogP contribution >= 0.6 is 0 Å². The Hall–Kier alpha value is -3.68. The molecule has 2 aromatic rings. The number of hydrogen-bond acceptors (Lipinski definition) is 6. The smallest absolute Gasteiger partial charge is 0.330 e. The summed E-state index contributed by atoms with van der Waals surface area (Å²) in [6.07, 6.45) is 3.04. The summed E-state index contributed by atoms with van der Waals surface area (Å²) in [5.41, 5.74) is 3.13. The first-order valence-corrected chi connectivity index (χ1v) is 10.00. The van der Waals surface area contributed by atoms with Gasteiger partial charge in [-0.05, 0) is 30.2 Å². The average Bonchev–Trinajstić information content (AvgIpc) is 2.78. The lowest BCUT2D eigenvalue weighted by molar-refractivity contribution is -0.384. The summed E-state index contributed by atoms with van der Waals surface area (Å²) in [4.78, 5) is 38.8. The van der Waals surface area contributed by atoms with Crippen LogP contribution in [0.3, 0.4) is 0 Å². The van der Waals surface area contributed by atoms with Crippen LogP contribution < -0.4 is 4.90 Å². The first-order valence-electron chi connectivity index (χ1n) is 10.00. The van der Waals surface area contributed by atoms with Crippen molar-refractivity contribution in [2.24, 2.45) is 0 Å². The Balaban J connectivity index is 1.66. The van der Waals surface area contributed by atoms with Gasteiger partial charge in [0.05, 0.1) is 18.5 Å². The molecule has 8 heteroatoms. The van der Waals surface area contributed by atoms with E-state index >= 15 is 0 Å². The second-order valence-electron chi connectivity index (χ2n) is 7.39. The monoisotopic (exact) mass is 423 g/mol. The fourth-order valence-electron chi connectivity index (χ4n) is 3.48. The van der Waals surface area contributed by atoms with Crippen LogP contribution in [0.5, 0.6) is 0 Å². The lowest BCUT2D eigenvalue weighted by Crippen LogP contribution is -2.49. The van der Waals surface area contributed by atoms with E-state index in [4.69, 9.17) is 0 Å². The second-order valence-corrected chi connectivity index (χ2v) is 7.39. The Morgan fingerprint density at radius 1 is 1.10 bits per heavy atom. The highest BCUT2D eigenvalue weighted by molar-refractivity contribution is 5.87. The van der Waals surface area contributed by atoms with E-state index in [0.29, 0.717) is 43.9 Å². The lowest BCUT2D eigenvalue weighted by atomic mass is 10.1. The van der Waals surface area contributed by atoms with Crippen molar-refractivity contribution in [3.05, 3.63) is 75.3 Å². The van der Waals surface area contributed by atoms with Gasteiger partial charge in [-0.25, -0.2) is 4.79 Å². The van der Waals surface area contributed by atoms with E-state index in [1.165, 1.54) is 25.3 Å². The van der Waals surface area contributed by atoms with Gasteiger partial charge in [-0.3, -0.25) is 14.9 Å². The summed E-state index contributed by atoms with van der Waals surface area (Å²) in [5, 5.41) is 11.6. The average molecular weight is 423 g/mol. The van der Waals surface area contributed by atoms with Gasteiger partial charge in [0.25, 0.3) is 5.69 Å². The first-order chi connectivity index (χ1) is 14.9. The van der Waals surface area contributed by atoms with E-state index in [1.54, 1.807) is 17.0 Å². The van der Waals surface area contributed by atoms with Crippen molar-refractivity contribution in [1.82, 2.24) is 4.90 Å². The predicted octanol–water partition coefficient (Wildman–Crippen LogP) is 2.98. The van der Waals surface area contributed by atoms with Crippen LogP contribution in [0.15, 0.2) is 48.5 Å². The molecule has 162 valence electrons. The zero-order chi connectivity index (χ0) is 22.4. The zero-order valence-corrected chi connectivity index (χ0v) is 17.6. The van der Waals surface area contributed by atoms with Gasteiger partial charge in [0.2, 0.25) is 5.91 Å². The summed E-state index contributed by atoms with van der Waals surface area (Å²) >= 11 is 0. The Kier molecular flexibility index (Phi) is 7.02. The van der Waals surface area contributed by atoms with E-state index in [-0.39, 0.29) is 11.6 Å². The van der Waals surface area contributed by atoms with Crippen LogP contribution in [0.25, 0.3) is 6.08 Å². The number of nitro groups is 1. The Morgan fingerprint density at radius 2 is 1.77 bits per heavy atom. The van der Waals surface area contributed by atoms with Crippen molar-refractivity contribution >= 4 is 29.3 Å². The molecule has 0 aliphatic carbocycles. The molecular weight excluding hydrogens is 398 g/mol. The summed E-state index contributed by atoms with van der Waals surface area (Å²) in [6, 6.07) is 12.7. The molecule has 1 aliphatic heterocycles. The van der Waals surface area contributed by atoms with Crippen molar-refractivity contribution in [2.75, 3.05) is 38.2 Å². The first kappa shape index (κ1) is 22.0. The minimum absolute atomic E-state index is 0.0357. The van der Waals surface area contributed by atoms with Gasteiger partial charge >= 0.3 is 5.97 Å². The quantitative estimate of drug-likeness (QED) is 0.307. The van der Waals surface area contributed by atoms with Gasteiger partial charge in [-0.15, -0.1) is 0 Å². The maximum absolute atomic E-state index is 12.6. The number of carbonyl (C=O) groups is 2. The molecule has 0 spiro atoms. The van der Waals surface area contributed by atoms with Crippen LogP contribution in [-0.4, -0.2) is 55.0 Å². The number of methoxy groups -OCH3 is 1. The number of nitro benzene ring substituents is 1. The number of benzene rings is 2. The van der Waals surface area contributed by atoms with Gasteiger partial charge in [0.1, 0.15) is 5.69 Å². The van der Waals surface area contributed by atoms with Gasteiger partial charge in [-0.1, -0.05) is 35.9 Å².